The van der Waals surface area contributed by atoms with Crippen LogP contribution >= 0.6 is 0 Å². The maximum absolute atomic E-state index is 14.0. The summed E-state index contributed by atoms with van der Waals surface area (Å²) in [5, 5.41) is 9.35. The van der Waals surface area contributed by atoms with E-state index >= 15 is 0 Å². The second-order valence-electron chi connectivity index (χ2n) is 6.80. The van der Waals surface area contributed by atoms with Crippen LogP contribution in [0.2, 0.25) is 0 Å². The Hall–Kier alpha value is -2.87. The van der Waals surface area contributed by atoms with E-state index in [1.165, 1.54) is 18.2 Å². The smallest absolute Gasteiger partial charge is 0.311 e. The molecule has 0 aliphatic heterocycles. The second-order valence-corrected chi connectivity index (χ2v) is 6.80. The number of hydrogen-bond donors (Lipinski definition) is 0. The molecular formula is C20H18FNO3. The number of hydrogen-bond acceptors (Lipinski definition) is 4. The zero-order valence-electron chi connectivity index (χ0n) is 14.0. The van der Waals surface area contributed by atoms with Gasteiger partial charge in [0.05, 0.1) is 5.92 Å². The van der Waals surface area contributed by atoms with E-state index in [1.807, 2.05) is 26.0 Å². The summed E-state index contributed by atoms with van der Waals surface area (Å²) in [6.45, 7) is 3.95. The highest BCUT2D eigenvalue weighted by atomic mass is 19.1. The number of benzene rings is 2. The minimum atomic E-state index is -1.09. The lowest BCUT2D eigenvalue weighted by atomic mass is 10.1. The summed E-state index contributed by atoms with van der Waals surface area (Å²) in [6, 6.07) is 14.7. The van der Waals surface area contributed by atoms with Gasteiger partial charge in [-0.2, -0.15) is 5.26 Å². The summed E-state index contributed by atoms with van der Waals surface area (Å²) in [6.07, 6.45) is -0.349. The Balaban J connectivity index is 1.78. The lowest BCUT2D eigenvalue weighted by Gasteiger charge is -2.14. The molecular weight excluding hydrogens is 321 g/mol. The molecule has 1 aliphatic rings. The lowest BCUT2D eigenvalue weighted by molar-refractivity contribution is -0.149. The summed E-state index contributed by atoms with van der Waals surface area (Å²) < 4.78 is 24.8. The molecule has 0 N–H and O–H groups in total. The fourth-order valence-corrected chi connectivity index (χ4v) is 2.61. The molecule has 1 aliphatic carbocycles. The van der Waals surface area contributed by atoms with E-state index in [2.05, 4.69) is 0 Å². The number of nitriles is 1. The fourth-order valence-electron chi connectivity index (χ4n) is 2.61. The molecule has 2 aromatic rings. The van der Waals surface area contributed by atoms with Crippen LogP contribution in [0, 0.1) is 28.5 Å². The molecule has 2 unspecified atom stereocenters. The van der Waals surface area contributed by atoms with Crippen molar-refractivity contribution in [2.75, 3.05) is 0 Å². The first-order valence-electron chi connectivity index (χ1n) is 8.03. The molecule has 0 bridgehead atoms. The fraction of sp³-hybridized carbons (Fsp3) is 0.300. The summed E-state index contributed by atoms with van der Waals surface area (Å²) >= 11 is 0. The largest absolute Gasteiger partial charge is 0.454 e. The van der Waals surface area contributed by atoms with E-state index in [-0.39, 0.29) is 17.1 Å². The predicted molar refractivity (Wildman–Crippen MR) is 89.3 cm³/mol. The van der Waals surface area contributed by atoms with Crippen molar-refractivity contribution < 1.29 is 18.7 Å². The standard InChI is InChI=1S/C20H18FNO3/c1-20(2)11-15(20)19(23)25-18(12-22)13-8-9-16(21)17(10-13)24-14-6-4-3-5-7-14/h3-10,15,18H,11H2,1-2H3. The molecule has 0 spiro atoms. The minimum absolute atomic E-state index is 0.0215. The van der Waals surface area contributed by atoms with E-state index in [9.17, 15) is 14.4 Å². The molecule has 4 nitrogen and oxygen atoms in total. The predicted octanol–water partition coefficient (Wildman–Crippen LogP) is 4.77. The third-order valence-corrected chi connectivity index (χ3v) is 4.38. The van der Waals surface area contributed by atoms with Crippen molar-refractivity contribution in [3.8, 4) is 17.6 Å². The van der Waals surface area contributed by atoms with Crippen molar-refractivity contribution in [2.24, 2.45) is 11.3 Å². The Bertz CT molecular complexity index is 827. The van der Waals surface area contributed by atoms with Gasteiger partial charge in [0, 0.05) is 5.56 Å². The Morgan fingerprint density at radius 2 is 1.96 bits per heavy atom. The van der Waals surface area contributed by atoms with Gasteiger partial charge in [0.1, 0.15) is 11.8 Å². The second kappa shape index (κ2) is 6.56. The zero-order valence-corrected chi connectivity index (χ0v) is 14.0. The van der Waals surface area contributed by atoms with E-state index in [1.54, 1.807) is 24.3 Å². The van der Waals surface area contributed by atoms with Crippen molar-refractivity contribution in [1.29, 1.82) is 5.26 Å². The Kier molecular flexibility index (Phi) is 4.45. The monoisotopic (exact) mass is 339 g/mol. The van der Waals surface area contributed by atoms with Gasteiger partial charge < -0.3 is 9.47 Å². The quantitative estimate of drug-likeness (QED) is 0.736. The zero-order chi connectivity index (χ0) is 18.0. The molecule has 0 radical (unpaired) electrons. The summed E-state index contributed by atoms with van der Waals surface area (Å²) in [4.78, 5) is 12.1. The van der Waals surface area contributed by atoms with Gasteiger partial charge in [-0.05, 0) is 36.1 Å². The number of esters is 1. The first kappa shape index (κ1) is 17.0. The van der Waals surface area contributed by atoms with Crippen molar-refractivity contribution in [1.82, 2.24) is 0 Å². The van der Waals surface area contributed by atoms with Crippen LogP contribution in [0.3, 0.4) is 0 Å². The third-order valence-electron chi connectivity index (χ3n) is 4.38. The van der Waals surface area contributed by atoms with Gasteiger partial charge in [-0.15, -0.1) is 0 Å². The van der Waals surface area contributed by atoms with Crippen LogP contribution in [0.25, 0.3) is 0 Å². The van der Waals surface area contributed by atoms with Crippen LogP contribution in [-0.2, 0) is 9.53 Å². The van der Waals surface area contributed by atoms with E-state index in [0.29, 0.717) is 11.3 Å². The Labute approximate surface area is 145 Å². The highest BCUT2D eigenvalue weighted by Crippen LogP contribution is 2.52. The van der Waals surface area contributed by atoms with Crippen LogP contribution in [0.1, 0.15) is 31.9 Å². The number of carbonyl (C=O) groups is 1. The van der Waals surface area contributed by atoms with Crippen molar-refractivity contribution in [2.45, 2.75) is 26.4 Å². The molecule has 0 heterocycles. The SMILES string of the molecule is CC1(C)CC1C(=O)OC(C#N)c1ccc(F)c(Oc2ccccc2)c1. The normalized spacial score (nSPS) is 18.7. The highest BCUT2D eigenvalue weighted by Gasteiger charge is 2.52. The number of rotatable bonds is 5. The lowest BCUT2D eigenvalue weighted by Crippen LogP contribution is -2.14. The van der Waals surface area contributed by atoms with E-state index in [4.69, 9.17) is 9.47 Å². The topological polar surface area (TPSA) is 59.3 Å². The average molecular weight is 339 g/mol. The van der Waals surface area contributed by atoms with Crippen molar-refractivity contribution in [3.05, 3.63) is 59.9 Å². The minimum Gasteiger partial charge on any atom is -0.454 e. The number of ether oxygens (including phenoxy) is 2. The molecule has 2 aromatic carbocycles. The number of carbonyl (C=O) groups excluding carboxylic acids is 1. The van der Waals surface area contributed by atoms with Crippen LogP contribution in [-0.4, -0.2) is 5.97 Å². The number of nitrogens with zero attached hydrogens (tertiary/aromatic N) is 1. The average Bonchev–Trinajstić information content (AvgIpc) is 3.24. The van der Waals surface area contributed by atoms with Gasteiger partial charge in [0.15, 0.2) is 11.6 Å². The van der Waals surface area contributed by atoms with E-state index < -0.39 is 17.9 Å². The maximum Gasteiger partial charge on any atom is 0.311 e. The number of halogens is 1. The van der Waals surface area contributed by atoms with E-state index in [0.717, 1.165) is 6.42 Å². The number of para-hydroxylation sites is 1. The third kappa shape index (κ3) is 3.80. The Morgan fingerprint density at radius 3 is 2.56 bits per heavy atom. The maximum atomic E-state index is 14.0. The van der Waals surface area contributed by atoms with Gasteiger partial charge in [0.2, 0.25) is 6.10 Å². The molecule has 3 rings (SSSR count). The first-order chi connectivity index (χ1) is 11.9. The van der Waals surface area contributed by atoms with Crippen LogP contribution < -0.4 is 4.74 Å². The van der Waals surface area contributed by atoms with Crippen molar-refractivity contribution >= 4 is 5.97 Å². The molecule has 0 amide bonds. The van der Waals surface area contributed by atoms with Gasteiger partial charge in [0.25, 0.3) is 0 Å². The molecule has 25 heavy (non-hydrogen) atoms. The molecule has 128 valence electrons. The van der Waals surface area contributed by atoms with Crippen LogP contribution in [0.4, 0.5) is 4.39 Å². The summed E-state index contributed by atoms with van der Waals surface area (Å²) in [5.74, 6) is -0.690. The van der Waals surface area contributed by atoms with Gasteiger partial charge in [-0.1, -0.05) is 38.1 Å². The molecule has 1 fully saturated rings. The molecule has 0 aromatic heterocycles. The molecule has 2 atom stereocenters. The van der Waals surface area contributed by atoms with Gasteiger partial charge >= 0.3 is 5.97 Å². The van der Waals surface area contributed by atoms with Crippen LogP contribution in [0.5, 0.6) is 11.5 Å². The highest BCUT2D eigenvalue weighted by molar-refractivity contribution is 5.77. The summed E-state index contributed by atoms with van der Waals surface area (Å²) in [7, 11) is 0. The van der Waals surface area contributed by atoms with Crippen molar-refractivity contribution in [3.63, 3.8) is 0 Å². The molecule has 5 heteroatoms. The van der Waals surface area contributed by atoms with Crippen LogP contribution in [0.15, 0.2) is 48.5 Å². The summed E-state index contributed by atoms with van der Waals surface area (Å²) in [5.41, 5.74) is 0.295. The van der Waals surface area contributed by atoms with Gasteiger partial charge in [-0.25, -0.2) is 4.39 Å². The first-order valence-corrected chi connectivity index (χ1v) is 8.03. The molecule has 0 saturated heterocycles. The Morgan fingerprint density at radius 1 is 1.28 bits per heavy atom. The molecule has 1 saturated carbocycles. The van der Waals surface area contributed by atoms with Gasteiger partial charge in [-0.3, -0.25) is 4.79 Å².